The van der Waals surface area contributed by atoms with Gasteiger partial charge in [0.2, 0.25) is 0 Å². The Bertz CT molecular complexity index is 425. The first-order valence-electron chi connectivity index (χ1n) is 7.97. The van der Waals surface area contributed by atoms with Gasteiger partial charge in [0.15, 0.2) is 0 Å². The number of hydrogen-bond donors (Lipinski definition) is 0. The molecule has 21 heavy (non-hydrogen) atoms. The number of ether oxygens (including phenoxy) is 4. The van der Waals surface area contributed by atoms with E-state index in [1.807, 2.05) is 0 Å². The summed E-state index contributed by atoms with van der Waals surface area (Å²) in [4.78, 5) is 0. The summed E-state index contributed by atoms with van der Waals surface area (Å²) in [6.45, 7) is 7.31. The molecular weight excluding hydrogens is 268 g/mol. The van der Waals surface area contributed by atoms with Gasteiger partial charge in [-0.3, -0.25) is 0 Å². The van der Waals surface area contributed by atoms with Crippen LogP contribution in [-0.2, 0) is 18.9 Å². The predicted octanol–water partition coefficient (Wildman–Crippen LogP) is 2.71. The average Bonchev–Trinajstić information content (AvgIpc) is 3.35. The number of epoxide rings is 2. The molecule has 2 saturated heterocycles. The largest absolute Gasteiger partial charge is 0.379 e. The molecule has 2 aliphatic heterocycles. The zero-order valence-electron chi connectivity index (χ0n) is 13.8. The van der Waals surface area contributed by atoms with E-state index in [1.54, 1.807) is 14.2 Å². The first kappa shape index (κ1) is 15.5. The Hall–Kier alpha value is -0.420. The van der Waals surface area contributed by atoms with Gasteiger partial charge in [-0.1, -0.05) is 11.6 Å². The third kappa shape index (κ3) is 2.56. The van der Waals surface area contributed by atoms with Gasteiger partial charge in [-0.2, -0.15) is 0 Å². The molecule has 3 aliphatic rings. The molecule has 4 heteroatoms. The molecule has 6 atom stereocenters. The summed E-state index contributed by atoms with van der Waals surface area (Å²) in [7, 11) is 3.55. The van der Waals surface area contributed by atoms with Crippen LogP contribution in [-0.4, -0.2) is 50.3 Å². The lowest BCUT2D eigenvalue weighted by atomic mass is 9.68. The van der Waals surface area contributed by atoms with Crippen LogP contribution in [0.1, 0.15) is 40.0 Å². The van der Waals surface area contributed by atoms with E-state index in [2.05, 4.69) is 26.8 Å². The van der Waals surface area contributed by atoms with Crippen LogP contribution < -0.4 is 0 Å². The first-order chi connectivity index (χ1) is 9.97. The van der Waals surface area contributed by atoms with Crippen molar-refractivity contribution in [1.29, 1.82) is 0 Å². The van der Waals surface area contributed by atoms with Crippen LogP contribution in [0.25, 0.3) is 0 Å². The Morgan fingerprint density at radius 1 is 1.29 bits per heavy atom. The summed E-state index contributed by atoms with van der Waals surface area (Å²) in [5, 5.41) is 0. The standard InChI is InChI=1S/C17H28O4/c1-11(2)6-7-13-16(3,21-13)15-14(19-5)12(18-4)8-9-17(15)10-20-17/h6,12-15H,7-10H2,1-5H3/t12?,13-,14-,15-,16+,17+/m1/s1. The lowest BCUT2D eigenvalue weighted by Crippen LogP contribution is -2.55. The molecular formula is C17H28O4. The molecule has 1 unspecified atom stereocenters. The molecule has 0 aromatic heterocycles. The van der Waals surface area contributed by atoms with Gasteiger partial charge < -0.3 is 18.9 Å². The van der Waals surface area contributed by atoms with E-state index in [4.69, 9.17) is 18.9 Å². The van der Waals surface area contributed by atoms with E-state index in [0.717, 1.165) is 25.9 Å². The molecule has 1 spiro atoms. The molecule has 3 fully saturated rings. The fraction of sp³-hybridized carbons (Fsp3) is 0.882. The highest BCUT2D eigenvalue weighted by Gasteiger charge is 2.71. The second-order valence-electron chi connectivity index (χ2n) is 7.15. The Morgan fingerprint density at radius 3 is 2.52 bits per heavy atom. The van der Waals surface area contributed by atoms with Gasteiger partial charge in [0.25, 0.3) is 0 Å². The minimum atomic E-state index is -0.152. The molecule has 0 bridgehead atoms. The van der Waals surface area contributed by atoms with Crippen molar-refractivity contribution in [2.75, 3.05) is 20.8 Å². The minimum Gasteiger partial charge on any atom is -0.379 e. The smallest absolute Gasteiger partial charge is 0.101 e. The predicted molar refractivity (Wildman–Crippen MR) is 80.3 cm³/mol. The van der Waals surface area contributed by atoms with Crippen LogP contribution in [0.4, 0.5) is 0 Å². The summed E-state index contributed by atoms with van der Waals surface area (Å²) in [5.41, 5.74) is 1.15. The fourth-order valence-corrected chi connectivity index (χ4v) is 4.20. The molecule has 4 nitrogen and oxygen atoms in total. The lowest BCUT2D eigenvalue weighted by molar-refractivity contribution is -0.128. The molecule has 1 saturated carbocycles. The lowest BCUT2D eigenvalue weighted by Gasteiger charge is -2.42. The molecule has 2 heterocycles. The van der Waals surface area contributed by atoms with Crippen molar-refractivity contribution >= 4 is 0 Å². The number of allylic oxidation sites excluding steroid dienone is 1. The maximum Gasteiger partial charge on any atom is 0.101 e. The third-order valence-electron chi connectivity index (χ3n) is 5.54. The zero-order chi connectivity index (χ0) is 15.3. The summed E-state index contributed by atoms with van der Waals surface area (Å²) in [5.74, 6) is 0.254. The van der Waals surface area contributed by atoms with Crippen LogP contribution in [0.2, 0.25) is 0 Å². The Kier molecular flexibility index (Phi) is 3.93. The molecule has 120 valence electrons. The minimum absolute atomic E-state index is 0.0375. The normalized spacial score (nSPS) is 48.2. The van der Waals surface area contributed by atoms with Crippen molar-refractivity contribution in [3.63, 3.8) is 0 Å². The summed E-state index contributed by atoms with van der Waals surface area (Å²) < 4.78 is 23.5. The molecule has 0 aromatic carbocycles. The van der Waals surface area contributed by atoms with Crippen molar-refractivity contribution in [3.05, 3.63) is 11.6 Å². The van der Waals surface area contributed by atoms with Gasteiger partial charge in [-0.15, -0.1) is 0 Å². The van der Waals surface area contributed by atoms with Gasteiger partial charge in [0, 0.05) is 14.2 Å². The van der Waals surface area contributed by atoms with Crippen LogP contribution in [0, 0.1) is 5.92 Å². The Labute approximate surface area is 127 Å². The van der Waals surface area contributed by atoms with Gasteiger partial charge >= 0.3 is 0 Å². The quantitative estimate of drug-likeness (QED) is 0.578. The van der Waals surface area contributed by atoms with Gasteiger partial charge in [-0.25, -0.2) is 0 Å². The third-order valence-corrected chi connectivity index (χ3v) is 5.54. The summed E-state index contributed by atoms with van der Waals surface area (Å²) in [6, 6.07) is 0. The van der Waals surface area contributed by atoms with Crippen LogP contribution in [0.15, 0.2) is 11.6 Å². The number of hydrogen-bond acceptors (Lipinski definition) is 4. The van der Waals surface area contributed by atoms with Gasteiger partial charge in [-0.05, 0) is 40.0 Å². The first-order valence-corrected chi connectivity index (χ1v) is 7.97. The van der Waals surface area contributed by atoms with E-state index in [1.165, 1.54) is 5.57 Å². The number of methoxy groups -OCH3 is 2. The molecule has 3 rings (SSSR count). The van der Waals surface area contributed by atoms with Crippen LogP contribution in [0.3, 0.4) is 0 Å². The molecule has 0 N–H and O–H groups in total. The number of rotatable bonds is 5. The fourth-order valence-electron chi connectivity index (χ4n) is 4.20. The van der Waals surface area contributed by atoms with E-state index >= 15 is 0 Å². The van der Waals surface area contributed by atoms with E-state index in [9.17, 15) is 0 Å². The van der Waals surface area contributed by atoms with E-state index in [-0.39, 0.29) is 35.4 Å². The van der Waals surface area contributed by atoms with Crippen molar-refractivity contribution in [1.82, 2.24) is 0 Å². The van der Waals surface area contributed by atoms with Gasteiger partial charge in [0.05, 0.1) is 36.4 Å². The molecule has 1 aliphatic carbocycles. The topological polar surface area (TPSA) is 43.5 Å². The van der Waals surface area contributed by atoms with Crippen LogP contribution >= 0.6 is 0 Å². The maximum atomic E-state index is 6.13. The zero-order valence-corrected chi connectivity index (χ0v) is 13.8. The van der Waals surface area contributed by atoms with Crippen molar-refractivity contribution in [2.24, 2.45) is 5.92 Å². The molecule has 0 aromatic rings. The Morgan fingerprint density at radius 2 is 2.00 bits per heavy atom. The summed E-state index contributed by atoms with van der Waals surface area (Å²) in [6.07, 6.45) is 5.73. The second kappa shape index (κ2) is 5.34. The van der Waals surface area contributed by atoms with Crippen molar-refractivity contribution < 1.29 is 18.9 Å². The van der Waals surface area contributed by atoms with Gasteiger partial charge in [0.1, 0.15) is 5.60 Å². The maximum absolute atomic E-state index is 6.13. The second-order valence-corrected chi connectivity index (χ2v) is 7.15. The Balaban J connectivity index is 1.79. The molecule has 0 radical (unpaired) electrons. The van der Waals surface area contributed by atoms with E-state index in [0.29, 0.717) is 0 Å². The monoisotopic (exact) mass is 296 g/mol. The highest BCUT2D eigenvalue weighted by molar-refractivity contribution is 5.20. The van der Waals surface area contributed by atoms with Crippen molar-refractivity contribution in [3.8, 4) is 0 Å². The summed E-state index contributed by atoms with van der Waals surface area (Å²) >= 11 is 0. The van der Waals surface area contributed by atoms with Crippen molar-refractivity contribution in [2.45, 2.75) is 69.5 Å². The SMILES string of the molecule is COC1CC[C@]2(CO2)[C@@H]([C@@]2(C)O[C@@H]2CC=C(C)C)[C@@H]1OC. The molecule has 0 amide bonds. The highest BCUT2D eigenvalue weighted by Crippen LogP contribution is 2.59. The highest BCUT2D eigenvalue weighted by atomic mass is 16.6. The van der Waals surface area contributed by atoms with E-state index < -0.39 is 0 Å². The average molecular weight is 296 g/mol. The van der Waals surface area contributed by atoms with Crippen LogP contribution in [0.5, 0.6) is 0 Å².